The lowest BCUT2D eigenvalue weighted by Gasteiger charge is -2.30. The van der Waals surface area contributed by atoms with Crippen molar-refractivity contribution in [1.29, 1.82) is 0 Å². The first kappa shape index (κ1) is 19.9. The summed E-state index contributed by atoms with van der Waals surface area (Å²) in [5.41, 5.74) is 0.901. The maximum atomic E-state index is 12.2. The zero-order chi connectivity index (χ0) is 19.9. The molecule has 0 bridgehead atoms. The van der Waals surface area contributed by atoms with Crippen molar-refractivity contribution in [3.8, 4) is 0 Å². The molecule has 2 aromatic carbocycles. The van der Waals surface area contributed by atoms with E-state index in [0.29, 0.717) is 19.0 Å². The number of benzene rings is 2. The van der Waals surface area contributed by atoms with E-state index in [9.17, 15) is 14.4 Å². The number of fused-ring (bicyclic) bond motifs is 1. The monoisotopic (exact) mass is 382 g/mol. The summed E-state index contributed by atoms with van der Waals surface area (Å²) in [4.78, 5) is 37.9. The number of hydrogen-bond donors (Lipinski definition) is 1. The molecule has 0 aromatic heterocycles. The predicted molar refractivity (Wildman–Crippen MR) is 107 cm³/mol. The van der Waals surface area contributed by atoms with Crippen molar-refractivity contribution < 1.29 is 19.1 Å². The molecular weight excluding hydrogens is 356 g/mol. The molecule has 1 fully saturated rings. The highest BCUT2D eigenvalue weighted by molar-refractivity contribution is 5.91. The number of hydrogen-bond acceptors (Lipinski definition) is 4. The maximum Gasteiger partial charge on any atom is 0.325 e. The quantitative estimate of drug-likeness (QED) is 0.778. The molecule has 1 aliphatic heterocycles. The number of nitrogens with one attached hydrogen (secondary N) is 1. The number of rotatable bonds is 6. The summed E-state index contributed by atoms with van der Waals surface area (Å²) >= 11 is 0. The van der Waals surface area contributed by atoms with Crippen LogP contribution < -0.4 is 5.32 Å². The molecule has 0 unspecified atom stereocenters. The van der Waals surface area contributed by atoms with Gasteiger partial charge in [0.2, 0.25) is 5.91 Å². The Balaban J connectivity index is 1.43. The van der Waals surface area contributed by atoms with E-state index < -0.39 is 5.97 Å². The highest BCUT2D eigenvalue weighted by Crippen LogP contribution is 2.19. The Morgan fingerprint density at radius 3 is 2.75 bits per heavy atom. The molecule has 1 N–H and O–H groups in total. The van der Waals surface area contributed by atoms with E-state index >= 15 is 0 Å². The van der Waals surface area contributed by atoms with Gasteiger partial charge in [0.1, 0.15) is 6.54 Å². The van der Waals surface area contributed by atoms with E-state index in [1.807, 2.05) is 42.5 Å². The SMILES string of the molecule is C[C@@H]1CCCN(C(=O)COC(=O)CNC(=O)Cc2cccc3ccccc23)C1. The number of amides is 2. The summed E-state index contributed by atoms with van der Waals surface area (Å²) in [5, 5.41) is 4.65. The summed E-state index contributed by atoms with van der Waals surface area (Å²) < 4.78 is 5.02. The lowest BCUT2D eigenvalue weighted by molar-refractivity contribution is -0.152. The number of ether oxygens (including phenoxy) is 1. The van der Waals surface area contributed by atoms with Crippen LogP contribution in [0.3, 0.4) is 0 Å². The third kappa shape index (κ3) is 5.31. The lowest BCUT2D eigenvalue weighted by atomic mass is 10.0. The van der Waals surface area contributed by atoms with E-state index in [1.165, 1.54) is 0 Å². The first-order valence-electron chi connectivity index (χ1n) is 9.69. The fourth-order valence-electron chi connectivity index (χ4n) is 3.55. The maximum absolute atomic E-state index is 12.2. The predicted octanol–water partition coefficient (Wildman–Crippen LogP) is 2.30. The van der Waals surface area contributed by atoms with Gasteiger partial charge in [0, 0.05) is 13.1 Å². The van der Waals surface area contributed by atoms with Crippen molar-refractivity contribution in [1.82, 2.24) is 10.2 Å². The van der Waals surface area contributed by atoms with Crippen LogP contribution in [0.4, 0.5) is 0 Å². The molecule has 148 valence electrons. The van der Waals surface area contributed by atoms with Crippen molar-refractivity contribution in [2.75, 3.05) is 26.2 Å². The molecule has 0 spiro atoms. The molecule has 1 aliphatic rings. The second-order valence-electron chi connectivity index (χ2n) is 7.34. The third-order valence-electron chi connectivity index (χ3n) is 5.03. The van der Waals surface area contributed by atoms with Crippen LogP contribution in [-0.2, 0) is 25.5 Å². The van der Waals surface area contributed by atoms with Gasteiger partial charge in [0.15, 0.2) is 6.61 Å². The van der Waals surface area contributed by atoms with Gasteiger partial charge < -0.3 is 15.0 Å². The standard InChI is InChI=1S/C22H26N2O4/c1-16-6-5-11-24(14-16)21(26)15-28-22(27)13-23-20(25)12-18-9-4-8-17-7-2-3-10-19(17)18/h2-4,7-10,16H,5-6,11-15H2,1H3,(H,23,25)/t16-/m1/s1. The normalized spacial score (nSPS) is 16.6. The molecule has 28 heavy (non-hydrogen) atoms. The number of esters is 1. The van der Waals surface area contributed by atoms with Crippen molar-refractivity contribution in [2.24, 2.45) is 5.92 Å². The largest absolute Gasteiger partial charge is 0.454 e. The minimum atomic E-state index is -0.607. The Labute approximate surface area is 164 Å². The van der Waals surface area contributed by atoms with Crippen molar-refractivity contribution in [2.45, 2.75) is 26.2 Å². The van der Waals surface area contributed by atoms with Crippen LogP contribution in [0.5, 0.6) is 0 Å². The summed E-state index contributed by atoms with van der Waals surface area (Å²) in [6.07, 6.45) is 2.27. The molecule has 3 rings (SSSR count). The fourth-order valence-corrected chi connectivity index (χ4v) is 3.55. The van der Waals surface area contributed by atoms with Gasteiger partial charge in [-0.05, 0) is 35.1 Å². The van der Waals surface area contributed by atoms with Crippen LogP contribution in [0.25, 0.3) is 10.8 Å². The molecule has 1 saturated heterocycles. The van der Waals surface area contributed by atoms with E-state index in [2.05, 4.69) is 12.2 Å². The first-order chi connectivity index (χ1) is 13.5. The fraction of sp³-hybridized carbons (Fsp3) is 0.409. The summed E-state index contributed by atoms with van der Waals surface area (Å²) in [5.74, 6) is -0.571. The third-order valence-corrected chi connectivity index (χ3v) is 5.03. The lowest BCUT2D eigenvalue weighted by Crippen LogP contribution is -2.42. The van der Waals surface area contributed by atoms with Crippen LogP contribution in [0.2, 0.25) is 0 Å². The topological polar surface area (TPSA) is 75.7 Å². The summed E-state index contributed by atoms with van der Waals surface area (Å²) in [6, 6.07) is 13.7. The number of likely N-dealkylation sites (tertiary alicyclic amines) is 1. The van der Waals surface area contributed by atoms with Crippen LogP contribution in [-0.4, -0.2) is 48.9 Å². The second kappa shape index (κ2) is 9.35. The minimum absolute atomic E-state index is 0.179. The van der Waals surface area contributed by atoms with Crippen LogP contribution in [0.1, 0.15) is 25.3 Å². The van der Waals surface area contributed by atoms with Gasteiger partial charge in [-0.1, -0.05) is 49.4 Å². The second-order valence-corrected chi connectivity index (χ2v) is 7.34. The minimum Gasteiger partial charge on any atom is -0.454 e. The molecule has 6 heteroatoms. The van der Waals surface area contributed by atoms with Gasteiger partial charge in [-0.2, -0.15) is 0 Å². The van der Waals surface area contributed by atoms with E-state index in [-0.39, 0.29) is 31.4 Å². The molecule has 1 heterocycles. The van der Waals surface area contributed by atoms with Crippen molar-refractivity contribution in [3.63, 3.8) is 0 Å². The molecule has 2 amide bonds. The molecular formula is C22H26N2O4. The van der Waals surface area contributed by atoms with E-state index in [1.54, 1.807) is 4.90 Å². The number of carbonyl (C=O) groups excluding carboxylic acids is 3. The Kier molecular flexibility index (Phi) is 6.63. The molecule has 6 nitrogen and oxygen atoms in total. The highest BCUT2D eigenvalue weighted by Gasteiger charge is 2.21. The van der Waals surface area contributed by atoms with Gasteiger partial charge in [0.25, 0.3) is 5.91 Å². The van der Waals surface area contributed by atoms with Crippen LogP contribution in [0.15, 0.2) is 42.5 Å². The smallest absolute Gasteiger partial charge is 0.325 e. The Hall–Kier alpha value is -2.89. The van der Waals surface area contributed by atoms with E-state index in [0.717, 1.165) is 29.2 Å². The Bertz CT molecular complexity index is 859. The molecule has 0 saturated carbocycles. The van der Waals surface area contributed by atoms with Gasteiger partial charge in [0.05, 0.1) is 6.42 Å². The average Bonchev–Trinajstić information content (AvgIpc) is 2.71. The Morgan fingerprint density at radius 1 is 1.14 bits per heavy atom. The number of nitrogens with zero attached hydrogens (tertiary/aromatic N) is 1. The molecule has 2 aromatic rings. The summed E-state index contributed by atoms with van der Waals surface area (Å²) in [6.45, 7) is 3.01. The van der Waals surface area contributed by atoms with Gasteiger partial charge in [-0.25, -0.2) is 0 Å². The van der Waals surface area contributed by atoms with Gasteiger partial charge in [-0.3, -0.25) is 14.4 Å². The van der Waals surface area contributed by atoms with Crippen LogP contribution in [0, 0.1) is 5.92 Å². The highest BCUT2D eigenvalue weighted by atomic mass is 16.5. The molecule has 0 aliphatic carbocycles. The van der Waals surface area contributed by atoms with Gasteiger partial charge >= 0.3 is 5.97 Å². The number of piperidine rings is 1. The van der Waals surface area contributed by atoms with Crippen molar-refractivity contribution in [3.05, 3.63) is 48.0 Å². The zero-order valence-electron chi connectivity index (χ0n) is 16.1. The summed E-state index contributed by atoms with van der Waals surface area (Å²) in [7, 11) is 0. The van der Waals surface area contributed by atoms with Gasteiger partial charge in [-0.15, -0.1) is 0 Å². The van der Waals surface area contributed by atoms with Crippen LogP contribution >= 0.6 is 0 Å². The van der Waals surface area contributed by atoms with E-state index in [4.69, 9.17) is 4.74 Å². The average molecular weight is 382 g/mol. The number of carbonyl (C=O) groups is 3. The van der Waals surface area contributed by atoms with Crippen molar-refractivity contribution >= 4 is 28.6 Å². The first-order valence-corrected chi connectivity index (χ1v) is 9.69. The Morgan fingerprint density at radius 2 is 1.93 bits per heavy atom. The molecule has 0 radical (unpaired) electrons. The zero-order valence-corrected chi connectivity index (χ0v) is 16.1. The molecule has 1 atom stereocenters.